The van der Waals surface area contributed by atoms with Crippen molar-refractivity contribution in [3.8, 4) is 11.1 Å². The van der Waals surface area contributed by atoms with Gasteiger partial charge in [-0.3, -0.25) is 14.7 Å². The van der Waals surface area contributed by atoms with E-state index in [4.69, 9.17) is 10.5 Å². The number of benzene rings is 2. The Labute approximate surface area is 186 Å². The van der Waals surface area contributed by atoms with Gasteiger partial charge in [0.15, 0.2) is 0 Å². The molecule has 2 N–H and O–H groups in total. The smallest absolute Gasteiger partial charge is 0.415 e. The van der Waals surface area contributed by atoms with Crippen molar-refractivity contribution in [1.29, 1.82) is 0 Å². The van der Waals surface area contributed by atoms with Crippen LogP contribution in [-0.2, 0) is 16.0 Å². The Morgan fingerprint density at radius 1 is 0.969 bits per heavy atom. The topological polar surface area (TPSA) is 85.5 Å². The molecule has 0 aliphatic carbocycles. The average molecular weight is 435 g/mol. The van der Waals surface area contributed by atoms with E-state index in [0.717, 1.165) is 11.1 Å². The van der Waals surface area contributed by atoms with Gasteiger partial charge >= 0.3 is 6.09 Å². The van der Waals surface area contributed by atoms with Crippen LogP contribution < -0.4 is 10.6 Å². The standard InChI is InChI=1S/C25H26FN3O3/c1-25(2,3)32-24(31)29(22(23(27)30)16-17-4-8-20(26)9-5-17)21-10-6-18(7-11-21)19-12-14-28-15-13-19/h4-15,22H,16H2,1-3H3,(H2,27,30)/t22-/m0/s1. The van der Waals surface area contributed by atoms with E-state index in [9.17, 15) is 14.0 Å². The molecule has 7 heteroatoms. The van der Waals surface area contributed by atoms with Crippen LogP contribution in [0.25, 0.3) is 11.1 Å². The SMILES string of the molecule is CC(C)(C)OC(=O)N(c1ccc(-c2ccncc2)cc1)[C@@H](Cc1ccc(F)cc1)C(N)=O. The van der Waals surface area contributed by atoms with Gasteiger partial charge in [-0.15, -0.1) is 0 Å². The Bertz CT molecular complexity index is 1060. The van der Waals surface area contributed by atoms with Gasteiger partial charge in [-0.25, -0.2) is 9.18 Å². The first-order chi connectivity index (χ1) is 15.1. The van der Waals surface area contributed by atoms with E-state index < -0.39 is 23.6 Å². The summed E-state index contributed by atoms with van der Waals surface area (Å²) in [7, 11) is 0. The minimum atomic E-state index is -1.03. The summed E-state index contributed by atoms with van der Waals surface area (Å²) in [4.78, 5) is 30.8. The Hall–Kier alpha value is -3.74. The molecule has 1 heterocycles. The Balaban J connectivity index is 1.98. The molecule has 0 aliphatic heterocycles. The van der Waals surface area contributed by atoms with Crippen LogP contribution in [-0.4, -0.2) is 28.6 Å². The highest BCUT2D eigenvalue weighted by molar-refractivity contribution is 5.97. The number of hydrogen-bond acceptors (Lipinski definition) is 4. The van der Waals surface area contributed by atoms with Crippen molar-refractivity contribution >= 4 is 17.7 Å². The number of halogens is 1. The largest absolute Gasteiger partial charge is 0.443 e. The molecular formula is C25H26FN3O3. The number of nitrogens with zero attached hydrogens (tertiary/aromatic N) is 2. The molecule has 0 saturated carbocycles. The number of primary amides is 1. The number of aromatic nitrogens is 1. The zero-order valence-electron chi connectivity index (χ0n) is 18.3. The second kappa shape index (κ2) is 9.60. The van der Waals surface area contributed by atoms with E-state index in [2.05, 4.69) is 4.98 Å². The van der Waals surface area contributed by atoms with Crippen LogP contribution in [0.1, 0.15) is 26.3 Å². The summed E-state index contributed by atoms with van der Waals surface area (Å²) in [5.41, 5.74) is 7.95. The van der Waals surface area contributed by atoms with Crippen LogP contribution in [0.15, 0.2) is 73.1 Å². The highest BCUT2D eigenvalue weighted by atomic mass is 19.1. The van der Waals surface area contributed by atoms with Crippen LogP contribution in [0.2, 0.25) is 0 Å². The first-order valence-corrected chi connectivity index (χ1v) is 10.2. The number of amides is 2. The molecule has 166 valence electrons. The van der Waals surface area contributed by atoms with E-state index in [1.807, 2.05) is 24.3 Å². The zero-order chi connectivity index (χ0) is 23.3. The van der Waals surface area contributed by atoms with Crippen molar-refractivity contribution in [2.45, 2.75) is 38.8 Å². The lowest BCUT2D eigenvalue weighted by molar-refractivity contribution is -0.119. The lowest BCUT2D eigenvalue weighted by Gasteiger charge is -2.32. The summed E-state index contributed by atoms with van der Waals surface area (Å²) in [6.07, 6.45) is 2.81. The van der Waals surface area contributed by atoms with E-state index in [0.29, 0.717) is 11.3 Å². The molecule has 0 bridgehead atoms. The first kappa shape index (κ1) is 22.9. The van der Waals surface area contributed by atoms with Gasteiger partial charge in [0, 0.05) is 24.5 Å². The average Bonchev–Trinajstić information content (AvgIpc) is 2.74. The van der Waals surface area contributed by atoms with Gasteiger partial charge in [0.05, 0.1) is 0 Å². The Morgan fingerprint density at radius 3 is 2.06 bits per heavy atom. The van der Waals surface area contributed by atoms with Gasteiger partial charge in [0.2, 0.25) is 5.91 Å². The molecule has 0 unspecified atom stereocenters. The molecule has 2 amide bonds. The van der Waals surface area contributed by atoms with E-state index in [1.54, 1.807) is 57.4 Å². The minimum absolute atomic E-state index is 0.112. The summed E-state index contributed by atoms with van der Waals surface area (Å²) in [6, 6.07) is 15.6. The van der Waals surface area contributed by atoms with Crippen LogP contribution in [0.3, 0.4) is 0 Å². The summed E-state index contributed by atoms with van der Waals surface area (Å²) < 4.78 is 18.9. The van der Waals surface area contributed by atoms with Crippen LogP contribution in [0.4, 0.5) is 14.9 Å². The lowest BCUT2D eigenvalue weighted by atomic mass is 10.0. The third-order valence-electron chi connectivity index (χ3n) is 4.73. The number of carbonyl (C=O) groups is 2. The molecular weight excluding hydrogens is 409 g/mol. The third-order valence-corrected chi connectivity index (χ3v) is 4.73. The Morgan fingerprint density at radius 2 is 1.53 bits per heavy atom. The maximum Gasteiger partial charge on any atom is 0.415 e. The zero-order valence-corrected chi connectivity index (χ0v) is 18.3. The molecule has 0 fully saturated rings. The second-order valence-corrected chi connectivity index (χ2v) is 8.38. The van der Waals surface area contributed by atoms with Gasteiger partial charge in [0.25, 0.3) is 0 Å². The quantitative estimate of drug-likeness (QED) is 0.607. The maximum atomic E-state index is 13.3. The molecule has 3 rings (SSSR count). The minimum Gasteiger partial charge on any atom is -0.443 e. The van der Waals surface area contributed by atoms with Crippen molar-refractivity contribution in [2.24, 2.45) is 5.73 Å². The fourth-order valence-electron chi connectivity index (χ4n) is 3.25. The van der Waals surface area contributed by atoms with Crippen LogP contribution >= 0.6 is 0 Å². The third kappa shape index (κ3) is 5.91. The maximum absolute atomic E-state index is 13.3. The van der Waals surface area contributed by atoms with Gasteiger partial charge in [-0.2, -0.15) is 0 Å². The molecule has 0 radical (unpaired) electrons. The molecule has 6 nitrogen and oxygen atoms in total. The van der Waals surface area contributed by atoms with Crippen LogP contribution in [0.5, 0.6) is 0 Å². The first-order valence-electron chi connectivity index (χ1n) is 10.2. The number of carbonyl (C=O) groups excluding carboxylic acids is 2. The van der Waals surface area contributed by atoms with Gasteiger partial charge in [-0.05, 0) is 73.9 Å². The molecule has 32 heavy (non-hydrogen) atoms. The number of rotatable bonds is 6. The number of hydrogen-bond donors (Lipinski definition) is 1. The monoisotopic (exact) mass is 435 g/mol. The summed E-state index contributed by atoms with van der Waals surface area (Å²) in [6.45, 7) is 5.23. The van der Waals surface area contributed by atoms with Crippen LogP contribution in [0, 0.1) is 5.82 Å². The fraction of sp³-hybridized carbons (Fsp3) is 0.240. The van der Waals surface area contributed by atoms with Crippen molar-refractivity contribution in [3.05, 3.63) is 84.4 Å². The number of anilines is 1. The van der Waals surface area contributed by atoms with Gasteiger partial charge in [0.1, 0.15) is 17.5 Å². The molecule has 1 aromatic heterocycles. The summed E-state index contributed by atoms with van der Waals surface area (Å²) in [5.74, 6) is -1.08. The van der Waals surface area contributed by atoms with E-state index in [-0.39, 0.29) is 12.2 Å². The number of ether oxygens (including phenoxy) is 1. The molecule has 3 aromatic rings. The van der Waals surface area contributed by atoms with Gasteiger partial charge < -0.3 is 10.5 Å². The molecule has 0 spiro atoms. The number of pyridine rings is 1. The predicted octanol–water partition coefficient (Wildman–Crippen LogP) is 4.73. The Kier molecular flexibility index (Phi) is 6.88. The molecule has 0 saturated heterocycles. The molecule has 0 aliphatic rings. The summed E-state index contributed by atoms with van der Waals surface area (Å²) >= 11 is 0. The van der Waals surface area contributed by atoms with Crippen molar-refractivity contribution in [3.63, 3.8) is 0 Å². The van der Waals surface area contributed by atoms with E-state index in [1.165, 1.54) is 17.0 Å². The predicted molar refractivity (Wildman–Crippen MR) is 121 cm³/mol. The lowest BCUT2D eigenvalue weighted by Crippen LogP contribution is -2.51. The normalized spacial score (nSPS) is 12.1. The highest BCUT2D eigenvalue weighted by Gasteiger charge is 2.33. The fourth-order valence-corrected chi connectivity index (χ4v) is 3.25. The molecule has 1 atom stereocenters. The number of nitrogens with two attached hydrogens (primary N) is 1. The van der Waals surface area contributed by atoms with Crippen molar-refractivity contribution < 1.29 is 18.7 Å². The van der Waals surface area contributed by atoms with Crippen molar-refractivity contribution in [1.82, 2.24) is 4.98 Å². The highest BCUT2D eigenvalue weighted by Crippen LogP contribution is 2.27. The second-order valence-electron chi connectivity index (χ2n) is 8.38. The summed E-state index contributed by atoms with van der Waals surface area (Å²) in [5, 5.41) is 0. The van der Waals surface area contributed by atoms with E-state index >= 15 is 0 Å². The van der Waals surface area contributed by atoms with Gasteiger partial charge in [-0.1, -0.05) is 24.3 Å². The van der Waals surface area contributed by atoms with Crippen molar-refractivity contribution in [2.75, 3.05) is 4.90 Å². The molecule has 2 aromatic carbocycles.